The summed E-state index contributed by atoms with van der Waals surface area (Å²) in [6.07, 6.45) is -0.674. The Hall–Kier alpha value is -7.19. The summed E-state index contributed by atoms with van der Waals surface area (Å²) < 4.78 is 82.8. The van der Waals surface area contributed by atoms with E-state index in [1.807, 2.05) is 57.9 Å². The molecule has 372 valence electrons. The predicted molar refractivity (Wildman–Crippen MR) is 265 cm³/mol. The molecule has 2 unspecified atom stereocenters. The van der Waals surface area contributed by atoms with E-state index in [2.05, 4.69) is 78.6 Å². The van der Waals surface area contributed by atoms with Crippen LogP contribution < -0.4 is 10.6 Å². The molecule has 2 fully saturated rings. The number of rotatable bonds is 14. The fourth-order valence-corrected chi connectivity index (χ4v) is 9.46. The van der Waals surface area contributed by atoms with Crippen LogP contribution in [0.4, 0.5) is 49.6 Å². The van der Waals surface area contributed by atoms with E-state index < -0.39 is 23.5 Å². The van der Waals surface area contributed by atoms with Gasteiger partial charge >= 0.3 is 12.4 Å². The van der Waals surface area contributed by atoms with Crippen LogP contribution in [0.15, 0.2) is 134 Å². The lowest BCUT2D eigenvalue weighted by Gasteiger charge is -2.42. The SMILES string of the molecule is CN1CCN(C(Cc2ccc(-n3ccc4cnc(Nc5ccc(C(F)(F)F)cc5)nc43)cc2)C(=O)C(Cc2ccc(-n3ccc4cnc(Nc5ccc(C(F)(F)F)cc5)nc43)cc2)N2CCN(C)CC2)CC1. The summed E-state index contributed by atoms with van der Waals surface area (Å²) in [5.74, 6) is 0.683. The summed E-state index contributed by atoms with van der Waals surface area (Å²) in [6.45, 7) is 6.49. The molecule has 2 saturated heterocycles. The van der Waals surface area contributed by atoms with Crippen molar-refractivity contribution >= 4 is 51.1 Å². The molecule has 0 aliphatic carbocycles. The van der Waals surface area contributed by atoms with Crippen molar-refractivity contribution in [1.29, 1.82) is 0 Å². The van der Waals surface area contributed by atoms with Gasteiger partial charge in [0.15, 0.2) is 5.78 Å². The molecule has 0 saturated carbocycles. The molecule has 8 aromatic rings. The Morgan fingerprint density at radius 3 is 1.22 bits per heavy atom. The average molecular weight is 987 g/mol. The largest absolute Gasteiger partial charge is 0.416 e. The number of halogens is 6. The summed E-state index contributed by atoms with van der Waals surface area (Å²) in [7, 11) is 4.21. The lowest BCUT2D eigenvalue weighted by atomic mass is 9.91. The van der Waals surface area contributed by atoms with Crippen LogP contribution in [0.3, 0.4) is 0 Å². The van der Waals surface area contributed by atoms with Gasteiger partial charge < -0.3 is 29.6 Å². The van der Waals surface area contributed by atoms with Gasteiger partial charge in [-0.3, -0.25) is 14.6 Å². The number of carbonyl (C=O) groups is 1. The van der Waals surface area contributed by atoms with Gasteiger partial charge in [-0.05, 0) is 123 Å². The van der Waals surface area contributed by atoms with Crippen LogP contribution in [0.2, 0.25) is 0 Å². The molecule has 13 nitrogen and oxygen atoms in total. The zero-order valence-corrected chi connectivity index (χ0v) is 39.6. The van der Waals surface area contributed by atoms with E-state index in [1.54, 1.807) is 12.4 Å². The Balaban J connectivity index is 0.877. The molecule has 4 aromatic heterocycles. The zero-order chi connectivity index (χ0) is 50.1. The molecule has 19 heteroatoms. The molecule has 6 heterocycles. The topological polar surface area (TPSA) is 116 Å². The van der Waals surface area contributed by atoms with Crippen molar-refractivity contribution in [1.82, 2.24) is 48.7 Å². The van der Waals surface area contributed by atoms with Crippen LogP contribution in [-0.2, 0) is 30.0 Å². The molecule has 0 radical (unpaired) electrons. The van der Waals surface area contributed by atoms with Crippen molar-refractivity contribution in [3.05, 3.63) is 156 Å². The van der Waals surface area contributed by atoms with Crippen LogP contribution in [0.5, 0.6) is 0 Å². The van der Waals surface area contributed by atoms with E-state index in [0.29, 0.717) is 35.5 Å². The Morgan fingerprint density at radius 2 is 0.875 bits per heavy atom. The van der Waals surface area contributed by atoms with Crippen LogP contribution >= 0.6 is 0 Å². The van der Waals surface area contributed by atoms with Gasteiger partial charge in [-0.15, -0.1) is 0 Å². The third-order valence-electron chi connectivity index (χ3n) is 13.7. The number of fused-ring (bicyclic) bond motifs is 2. The van der Waals surface area contributed by atoms with Gasteiger partial charge in [0.2, 0.25) is 11.9 Å². The van der Waals surface area contributed by atoms with Gasteiger partial charge in [0.05, 0.1) is 23.2 Å². The summed E-state index contributed by atoms with van der Waals surface area (Å²) in [5, 5.41) is 7.62. The monoisotopic (exact) mass is 986 g/mol. The van der Waals surface area contributed by atoms with Crippen molar-refractivity contribution in [2.75, 3.05) is 77.1 Å². The van der Waals surface area contributed by atoms with Gasteiger partial charge in [0, 0.05) is 111 Å². The molecule has 4 aromatic carbocycles. The molecule has 72 heavy (non-hydrogen) atoms. The number of benzene rings is 4. The van der Waals surface area contributed by atoms with E-state index in [-0.39, 0.29) is 29.8 Å². The molecule has 0 amide bonds. The lowest BCUT2D eigenvalue weighted by molar-refractivity contribution is -0.138. The number of aromatic nitrogens is 6. The number of nitrogens with one attached hydrogen (secondary N) is 2. The Bertz CT molecular complexity index is 2930. The molecule has 10 rings (SSSR count). The van der Waals surface area contributed by atoms with E-state index in [9.17, 15) is 26.3 Å². The number of hydrogen-bond acceptors (Lipinski definition) is 11. The van der Waals surface area contributed by atoms with Gasteiger partial charge in [-0.2, -0.15) is 36.3 Å². The smallest absolute Gasteiger partial charge is 0.324 e. The van der Waals surface area contributed by atoms with Crippen molar-refractivity contribution < 1.29 is 31.1 Å². The molecule has 2 aliphatic rings. The van der Waals surface area contributed by atoms with Gasteiger partial charge in [0.1, 0.15) is 11.3 Å². The van der Waals surface area contributed by atoms with Crippen molar-refractivity contribution in [3.63, 3.8) is 0 Å². The predicted octanol–water partition coefficient (Wildman–Crippen LogP) is 9.27. The molecular weight excluding hydrogens is 935 g/mol. The number of Topliss-reactive ketones (excluding diaryl/α,β-unsaturated/α-hetero) is 1. The van der Waals surface area contributed by atoms with E-state index in [1.165, 1.54) is 24.3 Å². The number of nitrogens with zero attached hydrogens (tertiary/aromatic N) is 10. The molecule has 2 aliphatic heterocycles. The summed E-state index contributed by atoms with van der Waals surface area (Å²) in [6, 6.07) is 28.8. The van der Waals surface area contributed by atoms with Crippen molar-refractivity contribution in [2.45, 2.75) is 37.3 Å². The Labute approximate surface area is 411 Å². The van der Waals surface area contributed by atoms with Crippen LogP contribution in [0.1, 0.15) is 22.3 Å². The summed E-state index contributed by atoms with van der Waals surface area (Å²) >= 11 is 0. The highest BCUT2D eigenvalue weighted by Gasteiger charge is 2.37. The second-order valence-corrected chi connectivity index (χ2v) is 18.6. The fraction of sp³-hybridized carbons (Fsp3) is 0.302. The molecule has 2 N–H and O–H groups in total. The van der Waals surface area contributed by atoms with E-state index in [0.717, 1.165) is 110 Å². The number of carbonyl (C=O) groups excluding carboxylic acids is 1. The molecule has 2 atom stereocenters. The van der Waals surface area contributed by atoms with Gasteiger partial charge in [-0.25, -0.2) is 9.97 Å². The quantitative estimate of drug-likeness (QED) is 0.102. The minimum Gasteiger partial charge on any atom is -0.324 e. The van der Waals surface area contributed by atoms with Crippen LogP contribution in [0, 0.1) is 0 Å². The van der Waals surface area contributed by atoms with Gasteiger partial charge in [-0.1, -0.05) is 24.3 Å². The lowest BCUT2D eigenvalue weighted by Crippen LogP contribution is -2.59. The number of hydrogen-bond donors (Lipinski definition) is 2. The van der Waals surface area contributed by atoms with E-state index >= 15 is 4.79 Å². The third kappa shape index (κ3) is 10.8. The fourth-order valence-electron chi connectivity index (χ4n) is 9.46. The molecule has 0 spiro atoms. The second-order valence-electron chi connectivity index (χ2n) is 18.6. The van der Waals surface area contributed by atoms with Crippen molar-refractivity contribution in [2.24, 2.45) is 0 Å². The number of alkyl halides is 6. The first kappa shape index (κ1) is 48.4. The van der Waals surface area contributed by atoms with Crippen LogP contribution in [-0.4, -0.2) is 133 Å². The highest BCUT2D eigenvalue weighted by Crippen LogP contribution is 2.32. The normalized spacial score (nSPS) is 16.6. The first-order chi connectivity index (χ1) is 34.6. The summed E-state index contributed by atoms with van der Waals surface area (Å²) in [4.78, 5) is 42.9. The standard InChI is InChI=1S/C53H52F6N12O/c1-66-23-27-68(28-24-66)45(31-35-3-15-43(16-4-35)70-21-19-37-33-60-50(64-48(37)70)62-41-11-7-39(8-12-41)52(54,55)56)47(72)46(69-29-25-67(2)26-30-69)32-36-5-17-44(18-6-36)71-22-20-38-34-61-51(65-49(38)71)63-42-13-9-40(10-14-42)53(57,58)59/h3-22,33-34,45-46H,23-32H2,1-2H3,(H,60,62,64)(H,61,63,65). The average Bonchev–Trinajstić information content (AvgIpc) is 4.00. The highest BCUT2D eigenvalue weighted by atomic mass is 19.4. The maximum Gasteiger partial charge on any atom is 0.416 e. The first-order valence-electron chi connectivity index (χ1n) is 23.8. The zero-order valence-electron chi connectivity index (χ0n) is 39.6. The maximum absolute atomic E-state index is 15.4. The van der Waals surface area contributed by atoms with Crippen LogP contribution in [0.25, 0.3) is 33.4 Å². The summed E-state index contributed by atoms with van der Waals surface area (Å²) in [5.41, 5.74) is 4.36. The number of anilines is 4. The third-order valence-corrected chi connectivity index (χ3v) is 13.7. The van der Waals surface area contributed by atoms with Gasteiger partial charge in [0.25, 0.3) is 0 Å². The van der Waals surface area contributed by atoms with E-state index in [4.69, 9.17) is 9.97 Å². The minimum absolute atomic E-state index is 0.194. The maximum atomic E-state index is 15.4. The number of ketones is 1. The highest BCUT2D eigenvalue weighted by molar-refractivity contribution is 5.90. The van der Waals surface area contributed by atoms with Crippen molar-refractivity contribution in [3.8, 4) is 11.4 Å². The number of likely N-dealkylation sites (N-methyl/N-ethyl adjacent to an activating group) is 2. The Kier molecular flexibility index (Phi) is 13.5. The minimum atomic E-state index is -4.44. The first-order valence-corrected chi connectivity index (χ1v) is 23.8. The Morgan fingerprint density at radius 1 is 0.514 bits per heavy atom. The molecular formula is C53H52F6N12O. The number of piperazine rings is 2. The molecule has 0 bridgehead atoms. The second kappa shape index (κ2) is 20.1.